The van der Waals surface area contributed by atoms with Gasteiger partial charge in [-0.05, 0) is 48.9 Å². The number of aryl methyl sites for hydroxylation is 1. The normalized spacial score (nSPS) is 10.6. The maximum Gasteiger partial charge on any atom is 0.269 e. The lowest BCUT2D eigenvalue weighted by Gasteiger charge is -2.09. The fraction of sp³-hybridized carbons (Fsp3) is 0.0909. The van der Waals surface area contributed by atoms with Gasteiger partial charge in [-0.2, -0.15) is 0 Å². The molecule has 0 radical (unpaired) electrons. The second-order valence-corrected chi connectivity index (χ2v) is 7.19. The molecule has 4 aromatic rings. The lowest BCUT2D eigenvalue weighted by Crippen LogP contribution is -2.18. The van der Waals surface area contributed by atoms with E-state index in [0.29, 0.717) is 33.1 Å². The molecule has 0 saturated carbocycles. The summed E-state index contributed by atoms with van der Waals surface area (Å²) in [4.78, 5) is 32.6. The van der Waals surface area contributed by atoms with Gasteiger partial charge in [0.1, 0.15) is 22.7 Å². The minimum Gasteiger partial charge on any atom is -0.457 e. The molecule has 0 saturated heterocycles. The molecule has 4 rings (SSSR count). The van der Waals surface area contributed by atoms with Crippen LogP contribution in [0, 0.1) is 6.92 Å². The predicted molar refractivity (Wildman–Crippen MR) is 119 cm³/mol. The quantitative estimate of drug-likeness (QED) is 0.476. The Labute approximate surface area is 187 Å². The highest BCUT2D eigenvalue weighted by Crippen LogP contribution is 2.25. The Kier molecular flexibility index (Phi) is 5.91. The van der Waals surface area contributed by atoms with Crippen molar-refractivity contribution >= 4 is 40.4 Å². The fourth-order valence-electron chi connectivity index (χ4n) is 2.95. The molecule has 0 aliphatic rings. The summed E-state index contributed by atoms with van der Waals surface area (Å²) in [5.41, 5.74) is 2.44. The lowest BCUT2D eigenvalue weighted by molar-refractivity contribution is 0.0957. The van der Waals surface area contributed by atoms with E-state index in [2.05, 4.69) is 30.8 Å². The largest absolute Gasteiger partial charge is 0.457 e. The highest BCUT2D eigenvalue weighted by molar-refractivity contribution is 6.30. The molecule has 2 heterocycles. The average Bonchev–Trinajstić information content (AvgIpc) is 2.78. The number of rotatable bonds is 5. The van der Waals surface area contributed by atoms with Crippen LogP contribution in [0.5, 0.6) is 11.5 Å². The molecule has 2 amide bonds. The smallest absolute Gasteiger partial charge is 0.269 e. The molecule has 9 nitrogen and oxygen atoms in total. The van der Waals surface area contributed by atoms with Gasteiger partial charge in [-0.25, -0.2) is 4.98 Å². The summed E-state index contributed by atoms with van der Waals surface area (Å²) in [7, 11) is 1.53. The third-order valence-corrected chi connectivity index (χ3v) is 4.75. The summed E-state index contributed by atoms with van der Waals surface area (Å²) >= 11 is 5.94. The van der Waals surface area contributed by atoms with Gasteiger partial charge in [0.05, 0.1) is 5.52 Å². The van der Waals surface area contributed by atoms with Crippen LogP contribution in [-0.2, 0) is 0 Å². The number of halogens is 1. The van der Waals surface area contributed by atoms with E-state index < -0.39 is 0 Å². The van der Waals surface area contributed by atoms with Crippen molar-refractivity contribution in [2.45, 2.75) is 6.92 Å². The van der Waals surface area contributed by atoms with Gasteiger partial charge in [0, 0.05) is 36.0 Å². The van der Waals surface area contributed by atoms with E-state index in [9.17, 15) is 9.59 Å². The van der Waals surface area contributed by atoms with Crippen LogP contribution in [-0.4, -0.2) is 39.0 Å². The number of hydrogen-bond acceptors (Lipinski definition) is 7. The maximum absolute atomic E-state index is 12.5. The molecule has 0 spiro atoms. The topological polar surface area (TPSA) is 119 Å². The van der Waals surface area contributed by atoms with E-state index in [1.165, 1.54) is 19.3 Å². The zero-order valence-electron chi connectivity index (χ0n) is 17.1. The van der Waals surface area contributed by atoms with Crippen molar-refractivity contribution in [3.63, 3.8) is 0 Å². The summed E-state index contributed by atoms with van der Waals surface area (Å²) in [5, 5.41) is 13.8. The number of anilines is 1. The first-order valence-corrected chi connectivity index (χ1v) is 9.89. The van der Waals surface area contributed by atoms with Gasteiger partial charge in [-0.15, -0.1) is 10.2 Å². The molecule has 160 valence electrons. The van der Waals surface area contributed by atoms with Gasteiger partial charge in [0.25, 0.3) is 11.8 Å². The van der Waals surface area contributed by atoms with Gasteiger partial charge in [0.2, 0.25) is 5.95 Å². The lowest BCUT2D eigenvalue weighted by atomic mass is 10.1. The Morgan fingerprint density at radius 2 is 1.75 bits per heavy atom. The molecule has 32 heavy (non-hydrogen) atoms. The fourth-order valence-corrected chi connectivity index (χ4v) is 3.17. The monoisotopic (exact) mass is 448 g/mol. The van der Waals surface area contributed by atoms with E-state index in [4.69, 9.17) is 16.3 Å². The number of ether oxygens (including phenoxy) is 1. The van der Waals surface area contributed by atoms with Gasteiger partial charge >= 0.3 is 0 Å². The molecule has 2 N–H and O–H groups in total. The molecule has 0 unspecified atom stereocenters. The molecule has 0 fully saturated rings. The first kappa shape index (κ1) is 21.1. The maximum atomic E-state index is 12.5. The first-order valence-electron chi connectivity index (χ1n) is 9.51. The van der Waals surface area contributed by atoms with Crippen LogP contribution >= 0.6 is 11.6 Å². The van der Waals surface area contributed by atoms with Crippen LogP contribution in [0.4, 0.5) is 5.95 Å². The van der Waals surface area contributed by atoms with Gasteiger partial charge in [0.15, 0.2) is 0 Å². The minimum atomic E-state index is -0.357. The average molecular weight is 449 g/mol. The Morgan fingerprint density at radius 3 is 2.53 bits per heavy atom. The van der Waals surface area contributed by atoms with Crippen molar-refractivity contribution in [2.75, 3.05) is 12.4 Å². The number of hydrogen-bond donors (Lipinski definition) is 2. The van der Waals surface area contributed by atoms with E-state index in [-0.39, 0.29) is 23.5 Å². The SMILES string of the molecule is CNC(=O)c1cc(Oc2ccc3nc(NC(=O)c4ccc(Cl)cc4C)nnc3c2)ccn1. The van der Waals surface area contributed by atoms with Crippen molar-refractivity contribution in [1.29, 1.82) is 0 Å². The van der Waals surface area contributed by atoms with Crippen molar-refractivity contribution in [1.82, 2.24) is 25.5 Å². The molecule has 2 aromatic heterocycles. The van der Waals surface area contributed by atoms with Crippen molar-refractivity contribution in [3.8, 4) is 11.5 Å². The molecule has 10 heteroatoms. The highest BCUT2D eigenvalue weighted by atomic mass is 35.5. The van der Waals surface area contributed by atoms with Crippen LogP contribution in [0.1, 0.15) is 26.4 Å². The van der Waals surface area contributed by atoms with Crippen LogP contribution in [0.15, 0.2) is 54.7 Å². The summed E-state index contributed by atoms with van der Waals surface area (Å²) in [6, 6.07) is 13.2. The number of carbonyl (C=O) groups is 2. The molecule has 2 aromatic carbocycles. The first-order chi connectivity index (χ1) is 15.4. The van der Waals surface area contributed by atoms with Gasteiger partial charge < -0.3 is 10.1 Å². The van der Waals surface area contributed by atoms with Gasteiger partial charge in [-0.1, -0.05) is 11.6 Å². The molecule has 0 atom stereocenters. The number of pyridine rings is 1. The second kappa shape index (κ2) is 8.94. The number of amides is 2. The number of nitrogens with zero attached hydrogens (tertiary/aromatic N) is 4. The van der Waals surface area contributed by atoms with E-state index in [1.807, 2.05) is 0 Å². The van der Waals surface area contributed by atoms with Crippen LogP contribution in [0.3, 0.4) is 0 Å². The van der Waals surface area contributed by atoms with Crippen molar-refractivity contribution < 1.29 is 14.3 Å². The standard InChI is InChI=1S/C22H17ClN6O3/c1-12-9-13(23)3-5-16(12)20(30)27-22-26-17-6-4-14(10-18(17)28-29-22)32-15-7-8-25-19(11-15)21(31)24-2/h3-11H,1-2H3,(H,24,31)(H,26,27,29,30). The van der Waals surface area contributed by atoms with E-state index in [1.54, 1.807) is 49.4 Å². The Balaban J connectivity index is 1.52. The summed E-state index contributed by atoms with van der Waals surface area (Å²) < 4.78 is 5.80. The number of fused-ring (bicyclic) bond motifs is 1. The molecular formula is C22H17ClN6O3. The zero-order chi connectivity index (χ0) is 22.7. The molecule has 0 aliphatic carbocycles. The Bertz CT molecular complexity index is 1340. The minimum absolute atomic E-state index is 0.0786. The third kappa shape index (κ3) is 4.62. The van der Waals surface area contributed by atoms with E-state index in [0.717, 1.165) is 5.56 Å². The molecule has 0 aliphatic heterocycles. The zero-order valence-corrected chi connectivity index (χ0v) is 17.8. The van der Waals surface area contributed by atoms with Gasteiger partial charge in [-0.3, -0.25) is 19.9 Å². The van der Waals surface area contributed by atoms with Crippen LogP contribution in [0.25, 0.3) is 11.0 Å². The number of benzene rings is 2. The second-order valence-electron chi connectivity index (χ2n) is 6.76. The number of aromatic nitrogens is 4. The summed E-state index contributed by atoms with van der Waals surface area (Å²) in [6.45, 7) is 1.79. The van der Waals surface area contributed by atoms with Crippen molar-refractivity contribution in [3.05, 3.63) is 76.6 Å². The number of carbonyl (C=O) groups excluding carboxylic acids is 2. The summed E-state index contributed by atoms with van der Waals surface area (Å²) in [5.74, 6) is 0.337. The van der Waals surface area contributed by atoms with Crippen LogP contribution in [0.2, 0.25) is 5.02 Å². The highest BCUT2D eigenvalue weighted by Gasteiger charge is 2.13. The Morgan fingerprint density at radius 1 is 0.938 bits per heavy atom. The predicted octanol–water partition coefficient (Wildman–Crippen LogP) is 3.79. The molecular weight excluding hydrogens is 432 g/mol. The Hall–Kier alpha value is -4.11. The van der Waals surface area contributed by atoms with E-state index >= 15 is 0 Å². The third-order valence-electron chi connectivity index (χ3n) is 4.51. The molecule has 0 bridgehead atoms. The van der Waals surface area contributed by atoms with Crippen molar-refractivity contribution in [2.24, 2.45) is 0 Å². The summed E-state index contributed by atoms with van der Waals surface area (Å²) in [6.07, 6.45) is 1.49. The number of nitrogens with one attached hydrogen (secondary N) is 2. The van der Waals surface area contributed by atoms with Crippen LogP contribution < -0.4 is 15.4 Å².